The number of nitrogens with one attached hydrogen (secondary N) is 1. The number of sulfonamides is 1. The van der Waals surface area contributed by atoms with Gasteiger partial charge < -0.3 is 0 Å². The molecule has 0 amide bonds. The molecule has 0 heterocycles. The monoisotopic (exact) mass is 302 g/mol. The first-order chi connectivity index (χ1) is 7.36. The normalized spacial score (nSPS) is 11.2. The Morgan fingerprint density at radius 3 is 2.56 bits per heavy atom. The van der Waals surface area contributed by atoms with Crippen molar-refractivity contribution in [2.75, 3.05) is 4.72 Å². The van der Waals surface area contributed by atoms with Crippen LogP contribution in [0.3, 0.4) is 0 Å². The average Bonchev–Trinajstić information content (AvgIpc) is 2.20. The summed E-state index contributed by atoms with van der Waals surface area (Å²) in [6.07, 6.45) is 0. The van der Waals surface area contributed by atoms with Crippen molar-refractivity contribution in [2.45, 2.75) is 19.1 Å². The van der Waals surface area contributed by atoms with E-state index in [1.165, 1.54) is 0 Å². The van der Waals surface area contributed by atoms with Gasteiger partial charge in [-0.1, -0.05) is 15.9 Å². The quantitative estimate of drug-likeness (QED) is 0.932. The first-order valence-corrected chi connectivity index (χ1v) is 6.92. The van der Waals surface area contributed by atoms with E-state index in [9.17, 15) is 8.42 Å². The molecule has 86 valence electrons. The highest BCUT2D eigenvalue weighted by molar-refractivity contribution is 9.10. The van der Waals surface area contributed by atoms with Gasteiger partial charge >= 0.3 is 0 Å². The van der Waals surface area contributed by atoms with Crippen molar-refractivity contribution in [1.82, 2.24) is 0 Å². The molecule has 1 rings (SSSR count). The largest absolute Gasteiger partial charge is 0.282 e. The van der Waals surface area contributed by atoms with Crippen LogP contribution in [0.4, 0.5) is 5.69 Å². The Balaban J connectivity index is 3.13. The van der Waals surface area contributed by atoms with Crippen LogP contribution >= 0.6 is 15.9 Å². The molecular formula is C10H11BrN2O2S. The summed E-state index contributed by atoms with van der Waals surface area (Å²) in [4.78, 5) is 0. The van der Waals surface area contributed by atoms with E-state index < -0.39 is 15.3 Å². The Labute approximate surface area is 103 Å². The third-order valence-electron chi connectivity index (χ3n) is 1.97. The molecule has 16 heavy (non-hydrogen) atoms. The third-order valence-corrected chi connectivity index (χ3v) is 4.21. The lowest BCUT2D eigenvalue weighted by Gasteiger charge is -2.11. The number of anilines is 1. The fourth-order valence-corrected chi connectivity index (χ4v) is 2.05. The number of rotatable bonds is 3. The third kappa shape index (κ3) is 2.97. The van der Waals surface area contributed by atoms with Crippen molar-refractivity contribution in [2.24, 2.45) is 0 Å². The summed E-state index contributed by atoms with van der Waals surface area (Å²) in [5.74, 6) is 0. The van der Waals surface area contributed by atoms with Crippen LogP contribution in [-0.2, 0) is 10.0 Å². The molecule has 0 saturated heterocycles. The van der Waals surface area contributed by atoms with E-state index in [-0.39, 0.29) is 0 Å². The predicted octanol–water partition coefficient (Wildman–Crippen LogP) is 2.47. The number of halogens is 1. The molecule has 0 saturated carbocycles. The maximum Gasteiger partial charge on any atom is 0.235 e. The second-order valence-electron chi connectivity index (χ2n) is 3.50. The molecule has 6 heteroatoms. The van der Waals surface area contributed by atoms with Crippen molar-refractivity contribution in [3.8, 4) is 6.07 Å². The molecule has 1 N–H and O–H groups in total. The van der Waals surface area contributed by atoms with Crippen LogP contribution in [0.2, 0.25) is 0 Å². The van der Waals surface area contributed by atoms with Crippen LogP contribution in [0.15, 0.2) is 22.7 Å². The molecule has 0 aromatic heterocycles. The highest BCUT2D eigenvalue weighted by atomic mass is 79.9. The minimum atomic E-state index is -3.41. The number of nitriles is 1. The van der Waals surface area contributed by atoms with E-state index in [2.05, 4.69) is 20.7 Å². The highest BCUT2D eigenvalue weighted by Crippen LogP contribution is 2.21. The van der Waals surface area contributed by atoms with Gasteiger partial charge in [0.25, 0.3) is 0 Å². The predicted molar refractivity (Wildman–Crippen MR) is 66.5 cm³/mol. The summed E-state index contributed by atoms with van der Waals surface area (Å²) < 4.78 is 26.4. The van der Waals surface area contributed by atoms with Crippen LogP contribution < -0.4 is 4.72 Å². The molecule has 1 aromatic rings. The fraction of sp³-hybridized carbons (Fsp3) is 0.300. The van der Waals surface area contributed by atoms with Crippen molar-refractivity contribution in [3.05, 3.63) is 28.2 Å². The SMILES string of the molecule is CC(C)S(=O)(=O)Nc1ccc(Br)cc1C#N. The molecular weight excluding hydrogens is 292 g/mol. The van der Waals surface area contributed by atoms with E-state index in [4.69, 9.17) is 5.26 Å². The van der Waals surface area contributed by atoms with Crippen molar-refractivity contribution < 1.29 is 8.42 Å². The van der Waals surface area contributed by atoms with E-state index >= 15 is 0 Å². The summed E-state index contributed by atoms with van der Waals surface area (Å²) in [5.41, 5.74) is 0.595. The average molecular weight is 303 g/mol. The van der Waals surface area contributed by atoms with E-state index in [0.717, 1.165) is 4.47 Å². The van der Waals surface area contributed by atoms with Gasteiger partial charge in [-0.15, -0.1) is 0 Å². The molecule has 0 fully saturated rings. The minimum Gasteiger partial charge on any atom is -0.282 e. The molecule has 0 aliphatic heterocycles. The molecule has 4 nitrogen and oxygen atoms in total. The lowest BCUT2D eigenvalue weighted by atomic mass is 10.2. The Hall–Kier alpha value is -1.06. The van der Waals surface area contributed by atoms with Gasteiger partial charge in [0.05, 0.1) is 16.5 Å². The standard InChI is InChI=1S/C10H11BrN2O2S/c1-7(2)16(14,15)13-10-4-3-9(11)5-8(10)6-12/h3-5,7,13H,1-2H3. The van der Waals surface area contributed by atoms with Crippen LogP contribution in [0, 0.1) is 11.3 Å². The topological polar surface area (TPSA) is 70.0 Å². The van der Waals surface area contributed by atoms with Crippen molar-refractivity contribution >= 4 is 31.6 Å². The molecule has 0 bridgehead atoms. The van der Waals surface area contributed by atoms with E-state index in [1.54, 1.807) is 32.0 Å². The first kappa shape index (κ1) is 13.0. The Bertz CT molecular complexity index is 532. The zero-order chi connectivity index (χ0) is 12.3. The number of hydrogen-bond acceptors (Lipinski definition) is 3. The van der Waals surface area contributed by atoms with Crippen LogP contribution in [0.1, 0.15) is 19.4 Å². The Kier molecular flexibility index (Phi) is 3.94. The van der Waals surface area contributed by atoms with Gasteiger partial charge in [0.2, 0.25) is 10.0 Å². The van der Waals surface area contributed by atoms with Gasteiger partial charge in [-0.3, -0.25) is 4.72 Å². The van der Waals surface area contributed by atoms with Crippen LogP contribution in [0.25, 0.3) is 0 Å². The van der Waals surface area contributed by atoms with Crippen molar-refractivity contribution in [3.63, 3.8) is 0 Å². The molecule has 1 aromatic carbocycles. The summed E-state index contributed by atoms with van der Waals surface area (Å²) >= 11 is 3.22. The molecule has 0 aliphatic carbocycles. The summed E-state index contributed by atoms with van der Waals surface area (Å²) in [6, 6.07) is 6.75. The van der Waals surface area contributed by atoms with Gasteiger partial charge in [-0.05, 0) is 32.0 Å². The number of hydrogen-bond donors (Lipinski definition) is 1. The van der Waals surface area contributed by atoms with Crippen LogP contribution in [-0.4, -0.2) is 13.7 Å². The lowest BCUT2D eigenvalue weighted by molar-refractivity contribution is 0.593. The van der Waals surface area contributed by atoms with Gasteiger partial charge in [0, 0.05) is 4.47 Å². The lowest BCUT2D eigenvalue weighted by Crippen LogP contribution is -2.22. The zero-order valence-corrected chi connectivity index (χ0v) is 11.3. The van der Waals surface area contributed by atoms with Crippen molar-refractivity contribution in [1.29, 1.82) is 5.26 Å². The highest BCUT2D eigenvalue weighted by Gasteiger charge is 2.17. The molecule has 0 unspecified atom stereocenters. The van der Waals surface area contributed by atoms with Crippen LogP contribution in [0.5, 0.6) is 0 Å². The van der Waals surface area contributed by atoms with E-state index in [0.29, 0.717) is 11.3 Å². The summed E-state index contributed by atoms with van der Waals surface area (Å²) in [6.45, 7) is 3.15. The molecule has 0 atom stereocenters. The van der Waals surface area contributed by atoms with Gasteiger partial charge in [0.1, 0.15) is 6.07 Å². The smallest absolute Gasteiger partial charge is 0.235 e. The second kappa shape index (κ2) is 4.85. The molecule has 0 aliphatic rings. The zero-order valence-electron chi connectivity index (χ0n) is 8.86. The van der Waals surface area contributed by atoms with Gasteiger partial charge in [-0.25, -0.2) is 8.42 Å². The molecule has 0 spiro atoms. The summed E-state index contributed by atoms with van der Waals surface area (Å²) in [7, 11) is -3.41. The number of nitrogens with zero attached hydrogens (tertiary/aromatic N) is 1. The fourth-order valence-electron chi connectivity index (χ4n) is 0.969. The van der Waals surface area contributed by atoms with Gasteiger partial charge in [-0.2, -0.15) is 5.26 Å². The van der Waals surface area contributed by atoms with Gasteiger partial charge in [0.15, 0.2) is 0 Å². The Morgan fingerprint density at radius 2 is 2.06 bits per heavy atom. The second-order valence-corrected chi connectivity index (χ2v) is 6.65. The summed E-state index contributed by atoms with van der Waals surface area (Å²) in [5, 5.41) is 8.33. The van der Waals surface area contributed by atoms with E-state index in [1.807, 2.05) is 6.07 Å². The Morgan fingerprint density at radius 1 is 1.44 bits per heavy atom. The maximum atomic E-state index is 11.6. The number of benzene rings is 1. The molecule has 0 radical (unpaired) electrons. The first-order valence-electron chi connectivity index (χ1n) is 4.58. The maximum absolute atomic E-state index is 11.6. The minimum absolute atomic E-state index is 0.290.